The molecule has 1 N–H and O–H groups in total. The lowest BCUT2D eigenvalue weighted by Crippen LogP contribution is -2.13. The van der Waals surface area contributed by atoms with Crippen LogP contribution in [-0.4, -0.2) is 15.8 Å². The maximum atomic E-state index is 13.2. The summed E-state index contributed by atoms with van der Waals surface area (Å²) in [4.78, 5) is 28.3. The average molecular weight is 397 g/mol. The van der Waals surface area contributed by atoms with E-state index in [0.717, 1.165) is 28.5 Å². The van der Waals surface area contributed by atoms with Crippen molar-refractivity contribution in [2.75, 3.05) is 5.32 Å². The lowest BCUT2D eigenvalue weighted by molar-refractivity contribution is -0.384. The molecule has 30 heavy (non-hydrogen) atoms. The molecule has 0 radical (unpaired) electrons. The zero-order valence-corrected chi connectivity index (χ0v) is 16.3. The number of hydrogen-bond donors (Lipinski definition) is 1. The van der Waals surface area contributed by atoms with Crippen molar-refractivity contribution >= 4 is 28.2 Å². The van der Waals surface area contributed by atoms with Crippen LogP contribution in [0.3, 0.4) is 0 Å². The van der Waals surface area contributed by atoms with Gasteiger partial charge in [-0.15, -0.1) is 0 Å². The standard InChI is InChI=1S/C24H19N3O3/c1-2-16-8-13-22-20(14-16)21(15-23(26-22)17-6-4-3-5-7-17)24(28)25-18-9-11-19(12-10-18)27(29)30/h3-15H,2H2,1H3,(H,25,28). The van der Waals surface area contributed by atoms with Crippen LogP contribution in [0.5, 0.6) is 0 Å². The van der Waals surface area contributed by atoms with Gasteiger partial charge in [0.05, 0.1) is 21.7 Å². The fourth-order valence-corrected chi connectivity index (χ4v) is 3.30. The van der Waals surface area contributed by atoms with Crippen molar-refractivity contribution in [2.45, 2.75) is 13.3 Å². The predicted molar refractivity (Wildman–Crippen MR) is 118 cm³/mol. The smallest absolute Gasteiger partial charge is 0.269 e. The third-order valence-corrected chi connectivity index (χ3v) is 4.93. The minimum Gasteiger partial charge on any atom is -0.322 e. The number of benzene rings is 3. The van der Waals surface area contributed by atoms with Gasteiger partial charge in [0.25, 0.3) is 11.6 Å². The van der Waals surface area contributed by atoms with Gasteiger partial charge in [-0.25, -0.2) is 4.98 Å². The third kappa shape index (κ3) is 3.89. The fraction of sp³-hybridized carbons (Fsp3) is 0.0833. The van der Waals surface area contributed by atoms with E-state index in [1.165, 1.54) is 24.3 Å². The number of carbonyl (C=O) groups excluding carboxylic acids is 1. The Labute approximate surface area is 173 Å². The SMILES string of the molecule is CCc1ccc2nc(-c3ccccc3)cc(C(=O)Nc3ccc([N+](=O)[O-])cc3)c2c1. The third-order valence-electron chi connectivity index (χ3n) is 4.93. The highest BCUT2D eigenvalue weighted by Gasteiger charge is 2.15. The van der Waals surface area contributed by atoms with Crippen LogP contribution in [0.25, 0.3) is 22.2 Å². The molecule has 0 spiro atoms. The van der Waals surface area contributed by atoms with Gasteiger partial charge in [0.15, 0.2) is 0 Å². The molecule has 0 saturated carbocycles. The van der Waals surface area contributed by atoms with Crippen LogP contribution in [-0.2, 0) is 6.42 Å². The summed E-state index contributed by atoms with van der Waals surface area (Å²) in [5.41, 5.74) is 4.45. The number of non-ortho nitro benzene ring substituents is 1. The molecule has 3 aromatic carbocycles. The molecule has 0 aliphatic carbocycles. The zero-order valence-electron chi connectivity index (χ0n) is 16.3. The monoisotopic (exact) mass is 397 g/mol. The summed E-state index contributed by atoms with van der Waals surface area (Å²) in [5.74, 6) is -0.290. The first kappa shape index (κ1) is 19.3. The molecule has 1 amide bonds. The summed E-state index contributed by atoms with van der Waals surface area (Å²) in [6.07, 6.45) is 0.847. The highest BCUT2D eigenvalue weighted by Crippen LogP contribution is 2.27. The Balaban J connectivity index is 1.78. The van der Waals surface area contributed by atoms with E-state index in [0.29, 0.717) is 16.9 Å². The molecular formula is C24H19N3O3. The molecular weight excluding hydrogens is 378 g/mol. The van der Waals surface area contributed by atoms with Gasteiger partial charge < -0.3 is 5.32 Å². The highest BCUT2D eigenvalue weighted by molar-refractivity contribution is 6.13. The van der Waals surface area contributed by atoms with Crippen LogP contribution in [0.15, 0.2) is 78.9 Å². The molecule has 6 nitrogen and oxygen atoms in total. The number of nitro groups is 1. The number of nitrogens with one attached hydrogen (secondary N) is 1. The molecule has 0 aliphatic rings. The van der Waals surface area contributed by atoms with E-state index in [1.54, 1.807) is 6.07 Å². The van der Waals surface area contributed by atoms with Crippen LogP contribution in [0.1, 0.15) is 22.8 Å². The van der Waals surface area contributed by atoms with Crippen LogP contribution >= 0.6 is 0 Å². The van der Waals surface area contributed by atoms with E-state index < -0.39 is 4.92 Å². The average Bonchev–Trinajstić information content (AvgIpc) is 2.78. The molecule has 0 bridgehead atoms. The van der Waals surface area contributed by atoms with Gasteiger partial charge in [-0.05, 0) is 42.3 Å². The van der Waals surface area contributed by atoms with Gasteiger partial charge in [0.1, 0.15) is 0 Å². The van der Waals surface area contributed by atoms with E-state index in [4.69, 9.17) is 4.98 Å². The maximum Gasteiger partial charge on any atom is 0.269 e. The molecule has 1 aromatic heterocycles. The molecule has 0 aliphatic heterocycles. The van der Waals surface area contributed by atoms with Crippen molar-refractivity contribution in [2.24, 2.45) is 0 Å². The lowest BCUT2D eigenvalue weighted by Gasteiger charge is -2.12. The molecule has 0 atom stereocenters. The first-order valence-corrected chi connectivity index (χ1v) is 9.60. The first-order chi connectivity index (χ1) is 14.5. The Hall–Kier alpha value is -4.06. The quantitative estimate of drug-likeness (QED) is 0.350. The number of nitro benzene ring substituents is 1. The van der Waals surface area contributed by atoms with Gasteiger partial charge >= 0.3 is 0 Å². The van der Waals surface area contributed by atoms with Crippen LogP contribution in [0.2, 0.25) is 0 Å². The van der Waals surface area contributed by atoms with E-state index in [9.17, 15) is 14.9 Å². The molecule has 0 fully saturated rings. The van der Waals surface area contributed by atoms with E-state index in [1.807, 2.05) is 48.5 Å². The molecule has 0 saturated heterocycles. The zero-order chi connectivity index (χ0) is 21.1. The Morgan fingerprint density at radius 2 is 1.73 bits per heavy atom. The molecule has 148 valence electrons. The number of hydrogen-bond acceptors (Lipinski definition) is 4. The number of anilines is 1. The second kappa shape index (κ2) is 8.13. The summed E-state index contributed by atoms with van der Waals surface area (Å²) in [7, 11) is 0. The van der Waals surface area contributed by atoms with E-state index in [-0.39, 0.29) is 11.6 Å². The van der Waals surface area contributed by atoms with Crippen molar-refractivity contribution in [1.82, 2.24) is 4.98 Å². The number of fused-ring (bicyclic) bond motifs is 1. The number of pyridine rings is 1. The van der Waals surface area contributed by atoms with Crippen LogP contribution in [0, 0.1) is 10.1 Å². The normalized spacial score (nSPS) is 10.7. The van der Waals surface area contributed by atoms with Gasteiger partial charge in [0.2, 0.25) is 0 Å². The van der Waals surface area contributed by atoms with Gasteiger partial charge in [-0.3, -0.25) is 14.9 Å². The van der Waals surface area contributed by atoms with E-state index in [2.05, 4.69) is 12.2 Å². The summed E-state index contributed by atoms with van der Waals surface area (Å²) >= 11 is 0. The number of nitrogens with zero attached hydrogens (tertiary/aromatic N) is 2. The molecule has 4 aromatic rings. The molecule has 1 heterocycles. The Morgan fingerprint density at radius 3 is 2.40 bits per heavy atom. The highest BCUT2D eigenvalue weighted by atomic mass is 16.6. The number of aryl methyl sites for hydroxylation is 1. The summed E-state index contributed by atoms with van der Waals surface area (Å²) in [6.45, 7) is 2.06. The largest absolute Gasteiger partial charge is 0.322 e. The van der Waals surface area contributed by atoms with Crippen LogP contribution < -0.4 is 5.32 Å². The van der Waals surface area contributed by atoms with Crippen molar-refractivity contribution < 1.29 is 9.72 Å². The van der Waals surface area contributed by atoms with Crippen molar-refractivity contribution in [3.05, 3.63) is 100 Å². The Morgan fingerprint density at radius 1 is 1.00 bits per heavy atom. The number of carbonyl (C=O) groups is 1. The van der Waals surface area contributed by atoms with Crippen LogP contribution in [0.4, 0.5) is 11.4 Å². The molecule has 4 rings (SSSR count). The van der Waals surface area contributed by atoms with Crippen molar-refractivity contribution in [3.8, 4) is 11.3 Å². The topological polar surface area (TPSA) is 85.1 Å². The number of rotatable bonds is 5. The number of amides is 1. The summed E-state index contributed by atoms with van der Waals surface area (Å²) in [6, 6.07) is 23.2. The predicted octanol–water partition coefficient (Wildman–Crippen LogP) is 5.62. The summed E-state index contributed by atoms with van der Waals surface area (Å²) in [5, 5.41) is 14.5. The fourth-order valence-electron chi connectivity index (χ4n) is 3.30. The Bertz CT molecular complexity index is 1240. The minimum absolute atomic E-state index is 0.0266. The number of aromatic nitrogens is 1. The summed E-state index contributed by atoms with van der Waals surface area (Å²) < 4.78 is 0. The Kier molecular flexibility index (Phi) is 5.22. The second-order valence-corrected chi connectivity index (χ2v) is 6.88. The van der Waals surface area contributed by atoms with Gasteiger partial charge in [0, 0.05) is 28.8 Å². The molecule has 6 heteroatoms. The van der Waals surface area contributed by atoms with Crippen molar-refractivity contribution in [1.29, 1.82) is 0 Å². The molecule has 0 unspecified atom stereocenters. The maximum absolute atomic E-state index is 13.2. The van der Waals surface area contributed by atoms with Gasteiger partial charge in [-0.1, -0.05) is 43.3 Å². The van der Waals surface area contributed by atoms with Gasteiger partial charge in [-0.2, -0.15) is 0 Å². The minimum atomic E-state index is -0.472. The lowest BCUT2D eigenvalue weighted by atomic mass is 10.0. The van der Waals surface area contributed by atoms with E-state index >= 15 is 0 Å². The first-order valence-electron chi connectivity index (χ1n) is 9.60. The second-order valence-electron chi connectivity index (χ2n) is 6.88. The van der Waals surface area contributed by atoms with Crippen molar-refractivity contribution in [3.63, 3.8) is 0 Å².